The summed E-state index contributed by atoms with van der Waals surface area (Å²) in [6.45, 7) is 13.8. The molecular formula is C26H43N3O6. The molecule has 35 heavy (non-hydrogen) atoms. The Morgan fingerprint density at radius 2 is 1.71 bits per heavy atom. The van der Waals surface area contributed by atoms with Crippen LogP contribution in [0.3, 0.4) is 0 Å². The third-order valence-corrected chi connectivity index (χ3v) is 5.28. The summed E-state index contributed by atoms with van der Waals surface area (Å²) in [6.07, 6.45) is 1.84. The van der Waals surface area contributed by atoms with E-state index in [1.807, 2.05) is 0 Å². The summed E-state index contributed by atoms with van der Waals surface area (Å²) in [5.41, 5.74) is -0.902. The number of aromatic hydroxyl groups is 1. The Kier molecular flexibility index (Phi) is 11.0. The van der Waals surface area contributed by atoms with Crippen LogP contribution in [0.5, 0.6) is 5.75 Å². The third kappa shape index (κ3) is 9.05. The summed E-state index contributed by atoms with van der Waals surface area (Å²) in [5.74, 6) is -1.23. The zero-order chi connectivity index (χ0) is 27.0. The number of amides is 3. The normalized spacial score (nSPS) is 13.5. The van der Waals surface area contributed by atoms with Gasteiger partial charge in [0.1, 0.15) is 23.4 Å². The Morgan fingerprint density at radius 1 is 1.09 bits per heavy atom. The molecule has 1 rings (SSSR count). The average Bonchev–Trinajstić information content (AvgIpc) is 2.72. The molecule has 9 nitrogen and oxygen atoms in total. The van der Waals surface area contributed by atoms with Crippen molar-refractivity contribution in [2.75, 3.05) is 13.2 Å². The summed E-state index contributed by atoms with van der Waals surface area (Å²) >= 11 is 0. The first-order valence-electron chi connectivity index (χ1n) is 12.1. The van der Waals surface area contributed by atoms with E-state index in [9.17, 15) is 24.6 Å². The first-order chi connectivity index (χ1) is 16.1. The van der Waals surface area contributed by atoms with Crippen molar-refractivity contribution in [3.63, 3.8) is 0 Å². The lowest BCUT2D eigenvalue weighted by atomic mass is 9.94. The predicted molar refractivity (Wildman–Crippen MR) is 135 cm³/mol. The van der Waals surface area contributed by atoms with E-state index in [-0.39, 0.29) is 11.3 Å². The van der Waals surface area contributed by atoms with Gasteiger partial charge in [-0.15, -0.1) is 0 Å². The molecule has 9 heteroatoms. The topological polar surface area (TPSA) is 128 Å². The van der Waals surface area contributed by atoms with Crippen LogP contribution >= 0.6 is 0 Å². The highest BCUT2D eigenvalue weighted by atomic mass is 16.6. The van der Waals surface area contributed by atoms with E-state index in [1.54, 1.807) is 66.7 Å². The van der Waals surface area contributed by atoms with Crippen LogP contribution in [0, 0.1) is 6.92 Å². The number of hydrogen-bond acceptors (Lipinski definition) is 6. The van der Waals surface area contributed by atoms with Gasteiger partial charge in [-0.1, -0.05) is 38.0 Å². The van der Waals surface area contributed by atoms with Gasteiger partial charge in [-0.2, -0.15) is 0 Å². The van der Waals surface area contributed by atoms with Crippen LogP contribution in [0.4, 0.5) is 4.79 Å². The molecular weight excluding hydrogens is 450 g/mol. The number of nitrogens with zero attached hydrogens (tertiary/aromatic N) is 1. The van der Waals surface area contributed by atoms with Crippen molar-refractivity contribution in [2.45, 2.75) is 97.9 Å². The number of aliphatic hydroxyl groups is 1. The van der Waals surface area contributed by atoms with Gasteiger partial charge in [-0.3, -0.25) is 9.59 Å². The fourth-order valence-electron chi connectivity index (χ4n) is 3.63. The number of phenolic OH excluding ortho intramolecular Hbond substituents is 1. The highest BCUT2D eigenvalue weighted by molar-refractivity contribution is 5.93. The number of aliphatic hydroxyl groups excluding tert-OH is 1. The van der Waals surface area contributed by atoms with Crippen molar-refractivity contribution in [3.8, 4) is 5.75 Å². The Morgan fingerprint density at radius 3 is 2.23 bits per heavy atom. The van der Waals surface area contributed by atoms with Crippen molar-refractivity contribution in [1.29, 1.82) is 0 Å². The van der Waals surface area contributed by atoms with E-state index in [2.05, 4.69) is 17.6 Å². The van der Waals surface area contributed by atoms with E-state index in [0.29, 0.717) is 12.1 Å². The smallest absolute Gasteiger partial charge is 0.408 e. The minimum atomic E-state index is -1.36. The second kappa shape index (κ2) is 12.8. The first kappa shape index (κ1) is 30.2. The maximum absolute atomic E-state index is 13.7. The van der Waals surface area contributed by atoms with Gasteiger partial charge in [0.05, 0.1) is 6.61 Å². The molecule has 3 amide bonds. The maximum Gasteiger partial charge on any atom is 0.408 e. The number of carbonyl (C=O) groups is 3. The van der Waals surface area contributed by atoms with Crippen molar-refractivity contribution in [2.24, 2.45) is 0 Å². The SMILES string of the molecule is CCCCCNC(=O)C(c1cccc(C)c1O)N(C(=O)C(CO)NC(=O)OC(C)(C)C)C(C)(C)C. The van der Waals surface area contributed by atoms with Crippen molar-refractivity contribution >= 4 is 17.9 Å². The number of aryl methyl sites for hydroxylation is 1. The van der Waals surface area contributed by atoms with E-state index in [0.717, 1.165) is 19.3 Å². The van der Waals surface area contributed by atoms with E-state index in [1.165, 1.54) is 4.90 Å². The van der Waals surface area contributed by atoms with Gasteiger partial charge in [0, 0.05) is 17.6 Å². The molecule has 0 spiro atoms. The molecule has 0 fully saturated rings. The van der Waals surface area contributed by atoms with Crippen LogP contribution in [-0.2, 0) is 14.3 Å². The summed E-state index contributed by atoms with van der Waals surface area (Å²) < 4.78 is 5.24. The number of benzene rings is 1. The average molecular weight is 494 g/mol. The molecule has 0 aromatic heterocycles. The van der Waals surface area contributed by atoms with Crippen LogP contribution < -0.4 is 10.6 Å². The van der Waals surface area contributed by atoms with E-state index in [4.69, 9.17) is 4.74 Å². The number of nitrogens with one attached hydrogen (secondary N) is 2. The number of carbonyl (C=O) groups excluding carboxylic acids is 3. The third-order valence-electron chi connectivity index (χ3n) is 5.28. The van der Waals surface area contributed by atoms with Crippen molar-refractivity contribution < 1.29 is 29.3 Å². The van der Waals surface area contributed by atoms with Crippen LogP contribution in [0.15, 0.2) is 18.2 Å². The Balaban J connectivity index is 3.47. The molecule has 0 aliphatic carbocycles. The number of phenols is 1. The van der Waals surface area contributed by atoms with Gasteiger partial charge in [0.15, 0.2) is 0 Å². The number of rotatable bonds is 10. The maximum atomic E-state index is 13.7. The largest absolute Gasteiger partial charge is 0.507 e. The lowest BCUT2D eigenvalue weighted by Gasteiger charge is -2.43. The number of hydrogen-bond donors (Lipinski definition) is 4. The van der Waals surface area contributed by atoms with Gasteiger partial charge in [0.25, 0.3) is 0 Å². The minimum Gasteiger partial charge on any atom is -0.507 e. The van der Waals surface area contributed by atoms with Crippen LogP contribution in [-0.4, -0.2) is 63.4 Å². The summed E-state index contributed by atoms with van der Waals surface area (Å²) in [4.78, 5) is 40.9. The fourth-order valence-corrected chi connectivity index (χ4v) is 3.63. The fraction of sp³-hybridized carbons (Fsp3) is 0.654. The van der Waals surface area contributed by atoms with E-state index < -0.39 is 47.7 Å². The highest BCUT2D eigenvalue weighted by Crippen LogP contribution is 2.36. The Labute approximate surface area is 209 Å². The first-order valence-corrected chi connectivity index (χ1v) is 12.1. The number of para-hydroxylation sites is 1. The molecule has 0 saturated carbocycles. The van der Waals surface area contributed by atoms with Gasteiger partial charge in [-0.25, -0.2) is 4.79 Å². The molecule has 2 unspecified atom stereocenters. The zero-order valence-corrected chi connectivity index (χ0v) is 22.4. The molecule has 0 radical (unpaired) electrons. The number of unbranched alkanes of at least 4 members (excludes halogenated alkanes) is 2. The monoisotopic (exact) mass is 493 g/mol. The van der Waals surface area contributed by atoms with Crippen LogP contribution in [0.25, 0.3) is 0 Å². The van der Waals surface area contributed by atoms with Gasteiger partial charge in [-0.05, 0) is 60.5 Å². The molecule has 1 aromatic carbocycles. The molecule has 0 bridgehead atoms. The number of ether oxygens (including phenoxy) is 1. The predicted octanol–water partition coefficient (Wildman–Crippen LogP) is 3.56. The summed E-state index contributed by atoms with van der Waals surface area (Å²) in [5, 5.41) is 26.1. The molecule has 1 aromatic rings. The van der Waals surface area contributed by atoms with Gasteiger partial charge < -0.3 is 30.5 Å². The highest BCUT2D eigenvalue weighted by Gasteiger charge is 2.42. The van der Waals surface area contributed by atoms with Gasteiger partial charge in [0.2, 0.25) is 11.8 Å². The molecule has 2 atom stereocenters. The van der Waals surface area contributed by atoms with E-state index >= 15 is 0 Å². The van der Waals surface area contributed by atoms with Crippen LogP contribution in [0.2, 0.25) is 0 Å². The molecule has 0 aliphatic rings. The zero-order valence-electron chi connectivity index (χ0n) is 22.4. The summed E-state index contributed by atoms with van der Waals surface area (Å²) in [6, 6.07) is 2.46. The molecule has 0 aliphatic heterocycles. The molecule has 198 valence electrons. The Hall–Kier alpha value is -2.81. The summed E-state index contributed by atoms with van der Waals surface area (Å²) in [7, 11) is 0. The number of alkyl carbamates (subject to hydrolysis) is 1. The molecule has 0 saturated heterocycles. The van der Waals surface area contributed by atoms with Crippen molar-refractivity contribution in [1.82, 2.24) is 15.5 Å². The quantitative estimate of drug-likeness (QED) is 0.369. The molecule has 4 N–H and O–H groups in total. The minimum absolute atomic E-state index is 0.0936. The second-order valence-electron chi connectivity index (χ2n) is 10.7. The second-order valence-corrected chi connectivity index (χ2v) is 10.7. The lowest BCUT2D eigenvalue weighted by molar-refractivity contribution is -0.149. The Bertz CT molecular complexity index is 873. The lowest BCUT2D eigenvalue weighted by Crippen LogP contribution is -2.59. The van der Waals surface area contributed by atoms with Crippen molar-refractivity contribution in [3.05, 3.63) is 29.3 Å². The van der Waals surface area contributed by atoms with Crippen LogP contribution in [0.1, 0.15) is 84.9 Å². The molecule has 0 heterocycles. The van der Waals surface area contributed by atoms with Gasteiger partial charge >= 0.3 is 6.09 Å². The standard InChI is InChI=1S/C26H43N3O6/c1-9-10-11-15-27-22(32)20(18-14-12-13-17(2)21(18)31)29(25(3,4)5)23(33)19(16-30)28-24(34)35-26(6,7)8/h12-14,19-20,30-31H,9-11,15-16H2,1-8H3,(H,27,32)(H,28,34).